The molecule has 2 unspecified atom stereocenters. The van der Waals surface area contributed by atoms with E-state index in [1.807, 2.05) is 0 Å². The van der Waals surface area contributed by atoms with Crippen LogP contribution in [0.1, 0.15) is 33.6 Å². The van der Waals surface area contributed by atoms with Crippen molar-refractivity contribution in [2.75, 3.05) is 6.61 Å². The van der Waals surface area contributed by atoms with Gasteiger partial charge in [0.25, 0.3) is 0 Å². The Hall–Kier alpha value is -0.790. The van der Waals surface area contributed by atoms with Crippen LogP contribution in [0.3, 0.4) is 0 Å². The maximum atomic E-state index is 11.2. The summed E-state index contributed by atoms with van der Waals surface area (Å²) in [6.45, 7) is 10.2. The number of rotatable bonds is 6. The molecule has 0 aromatic heterocycles. The SMILES string of the molecule is C=CCOC(=O)CC(C)C(C)CC. The lowest BCUT2D eigenvalue weighted by Gasteiger charge is -2.16. The lowest BCUT2D eigenvalue weighted by molar-refractivity contribution is -0.143. The first-order valence-corrected chi connectivity index (χ1v) is 4.88. The molecule has 0 aliphatic rings. The summed E-state index contributed by atoms with van der Waals surface area (Å²) >= 11 is 0. The summed E-state index contributed by atoms with van der Waals surface area (Å²) in [7, 11) is 0. The van der Waals surface area contributed by atoms with Crippen molar-refractivity contribution in [2.45, 2.75) is 33.6 Å². The highest BCUT2D eigenvalue weighted by Gasteiger charge is 2.14. The van der Waals surface area contributed by atoms with Crippen molar-refractivity contribution < 1.29 is 9.53 Å². The van der Waals surface area contributed by atoms with Crippen molar-refractivity contribution in [1.29, 1.82) is 0 Å². The maximum absolute atomic E-state index is 11.2. The van der Waals surface area contributed by atoms with Gasteiger partial charge in [-0.3, -0.25) is 4.79 Å². The molecule has 0 aliphatic heterocycles. The Morgan fingerprint density at radius 2 is 2.08 bits per heavy atom. The monoisotopic (exact) mass is 184 g/mol. The van der Waals surface area contributed by atoms with E-state index in [0.29, 0.717) is 24.9 Å². The van der Waals surface area contributed by atoms with Crippen LogP contribution in [0, 0.1) is 11.8 Å². The van der Waals surface area contributed by atoms with Crippen LogP contribution in [0.4, 0.5) is 0 Å². The normalized spacial score (nSPS) is 14.7. The molecule has 2 atom stereocenters. The van der Waals surface area contributed by atoms with Gasteiger partial charge in [0.2, 0.25) is 0 Å². The molecule has 0 aliphatic carbocycles. The van der Waals surface area contributed by atoms with Gasteiger partial charge in [-0.2, -0.15) is 0 Å². The summed E-state index contributed by atoms with van der Waals surface area (Å²) in [5.74, 6) is 0.867. The summed E-state index contributed by atoms with van der Waals surface area (Å²) < 4.78 is 4.90. The number of carbonyl (C=O) groups excluding carboxylic acids is 1. The number of ether oxygens (including phenoxy) is 1. The minimum atomic E-state index is -0.118. The minimum Gasteiger partial charge on any atom is -0.461 e. The number of hydrogen-bond acceptors (Lipinski definition) is 2. The maximum Gasteiger partial charge on any atom is 0.306 e. The highest BCUT2D eigenvalue weighted by atomic mass is 16.5. The Balaban J connectivity index is 3.70. The second-order valence-electron chi connectivity index (χ2n) is 3.54. The molecule has 2 nitrogen and oxygen atoms in total. The standard InChI is InChI=1S/C11H20O2/c1-5-7-13-11(12)8-10(4)9(3)6-2/h5,9-10H,1,6-8H2,2-4H3. The molecule has 0 spiro atoms. The average molecular weight is 184 g/mol. The molecule has 0 radical (unpaired) electrons. The van der Waals surface area contributed by atoms with E-state index >= 15 is 0 Å². The van der Waals surface area contributed by atoms with Crippen LogP contribution in [0.25, 0.3) is 0 Å². The Morgan fingerprint density at radius 1 is 1.46 bits per heavy atom. The van der Waals surface area contributed by atoms with E-state index in [2.05, 4.69) is 27.4 Å². The van der Waals surface area contributed by atoms with Gasteiger partial charge in [0.05, 0.1) is 0 Å². The van der Waals surface area contributed by atoms with Gasteiger partial charge in [0.15, 0.2) is 0 Å². The molecule has 0 rings (SSSR count). The second-order valence-corrected chi connectivity index (χ2v) is 3.54. The van der Waals surface area contributed by atoms with Crippen molar-refractivity contribution in [3.8, 4) is 0 Å². The average Bonchev–Trinajstić information content (AvgIpc) is 2.13. The van der Waals surface area contributed by atoms with Crippen molar-refractivity contribution in [2.24, 2.45) is 11.8 Å². The third-order valence-corrected chi connectivity index (χ3v) is 2.47. The minimum absolute atomic E-state index is 0.118. The number of esters is 1. The summed E-state index contributed by atoms with van der Waals surface area (Å²) in [6.07, 6.45) is 3.21. The van der Waals surface area contributed by atoms with Crippen LogP contribution in [-0.2, 0) is 9.53 Å². The first kappa shape index (κ1) is 12.2. The topological polar surface area (TPSA) is 26.3 Å². The number of carbonyl (C=O) groups is 1. The molecule has 0 N–H and O–H groups in total. The van der Waals surface area contributed by atoms with Crippen LogP contribution in [0.2, 0.25) is 0 Å². The molecule has 0 bridgehead atoms. The first-order chi connectivity index (χ1) is 6.11. The predicted molar refractivity (Wildman–Crippen MR) is 54.4 cm³/mol. The van der Waals surface area contributed by atoms with Gasteiger partial charge in [-0.1, -0.05) is 39.8 Å². The molecule has 0 saturated carbocycles. The van der Waals surface area contributed by atoms with Crippen molar-refractivity contribution in [3.05, 3.63) is 12.7 Å². The Kier molecular flexibility index (Phi) is 6.29. The van der Waals surface area contributed by atoms with Gasteiger partial charge in [-0.15, -0.1) is 0 Å². The van der Waals surface area contributed by atoms with E-state index in [1.165, 1.54) is 0 Å². The molecule has 2 heteroatoms. The van der Waals surface area contributed by atoms with E-state index in [1.54, 1.807) is 6.08 Å². The van der Waals surface area contributed by atoms with Crippen molar-refractivity contribution in [3.63, 3.8) is 0 Å². The summed E-state index contributed by atoms with van der Waals surface area (Å²) in [6, 6.07) is 0. The van der Waals surface area contributed by atoms with Gasteiger partial charge >= 0.3 is 5.97 Å². The first-order valence-electron chi connectivity index (χ1n) is 4.88. The Labute approximate surface area is 81.0 Å². The summed E-state index contributed by atoms with van der Waals surface area (Å²) in [5, 5.41) is 0. The Bertz CT molecular complexity index is 163. The second kappa shape index (κ2) is 6.70. The quantitative estimate of drug-likeness (QED) is 0.468. The highest BCUT2D eigenvalue weighted by Crippen LogP contribution is 2.18. The molecule has 0 saturated heterocycles. The van der Waals surface area contributed by atoms with E-state index in [4.69, 9.17) is 4.74 Å². The van der Waals surface area contributed by atoms with Crippen molar-refractivity contribution >= 4 is 5.97 Å². The van der Waals surface area contributed by atoms with Gasteiger partial charge < -0.3 is 4.74 Å². The van der Waals surface area contributed by atoms with Gasteiger partial charge in [-0.05, 0) is 11.8 Å². The van der Waals surface area contributed by atoms with E-state index in [9.17, 15) is 4.79 Å². The fourth-order valence-corrected chi connectivity index (χ4v) is 1.08. The third-order valence-electron chi connectivity index (χ3n) is 2.47. The fraction of sp³-hybridized carbons (Fsp3) is 0.727. The molecule has 13 heavy (non-hydrogen) atoms. The highest BCUT2D eigenvalue weighted by molar-refractivity contribution is 5.69. The Morgan fingerprint density at radius 3 is 2.54 bits per heavy atom. The predicted octanol–water partition coefficient (Wildman–Crippen LogP) is 2.79. The lowest BCUT2D eigenvalue weighted by Crippen LogP contribution is -2.14. The molecule has 76 valence electrons. The van der Waals surface area contributed by atoms with Gasteiger partial charge in [0.1, 0.15) is 6.61 Å². The molecule has 0 heterocycles. The smallest absolute Gasteiger partial charge is 0.306 e. The van der Waals surface area contributed by atoms with Crippen LogP contribution in [0.15, 0.2) is 12.7 Å². The van der Waals surface area contributed by atoms with E-state index in [0.717, 1.165) is 6.42 Å². The third kappa shape index (κ3) is 5.45. The zero-order valence-electron chi connectivity index (χ0n) is 8.88. The van der Waals surface area contributed by atoms with Crippen molar-refractivity contribution in [1.82, 2.24) is 0 Å². The van der Waals surface area contributed by atoms with Crippen LogP contribution in [0.5, 0.6) is 0 Å². The van der Waals surface area contributed by atoms with Crippen LogP contribution >= 0.6 is 0 Å². The summed E-state index contributed by atoms with van der Waals surface area (Å²) in [5.41, 5.74) is 0. The van der Waals surface area contributed by atoms with E-state index in [-0.39, 0.29) is 5.97 Å². The van der Waals surface area contributed by atoms with Crippen LogP contribution < -0.4 is 0 Å². The molecule has 0 fully saturated rings. The summed E-state index contributed by atoms with van der Waals surface area (Å²) in [4.78, 5) is 11.2. The van der Waals surface area contributed by atoms with Crippen LogP contribution in [-0.4, -0.2) is 12.6 Å². The zero-order chi connectivity index (χ0) is 10.3. The van der Waals surface area contributed by atoms with Gasteiger partial charge in [0, 0.05) is 6.42 Å². The molecule has 0 amide bonds. The number of hydrogen-bond donors (Lipinski definition) is 0. The zero-order valence-corrected chi connectivity index (χ0v) is 8.88. The van der Waals surface area contributed by atoms with E-state index < -0.39 is 0 Å². The molecule has 0 aromatic carbocycles. The lowest BCUT2D eigenvalue weighted by atomic mass is 9.91. The molecular formula is C11H20O2. The molecular weight excluding hydrogens is 164 g/mol. The molecule has 0 aromatic rings. The van der Waals surface area contributed by atoms with Gasteiger partial charge in [-0.25, -0.2) is 0 Å². The largest absolute Gasteiger partial charge is 0.461 e. The fourth-order valence-electron chi connectivity index (χ4n) is 1.08.